The third kappa shape index (κ3) is 2.16. The number of aryl methyl sites for hydroxylation is 1. The quantitative estimate of drug-likeness (QED) is 0.435. The van der Waals surface area contributed by atoms with Crippen molar-refractivity contribution in [3.63, 3.8) is 0 Å². The minimum atomic E-state index is -0.489. The Hall–Kier alpha value is -1.96. The molecule has 16 heavy (non-hydrogen) atoms. The van der Waals surface area contributed by atoms with Crippen LogP contribution in [0.1, 0.15) is 12.6 Å². The van der Waals surface area contributed by atoms with E-state index in [2.05, 4.69) is 15.4 Å². The summed E-state index contributed by atoms with van der Waals surface area (Å²) in [5.41, 5.74) is 2.47. The third-order valence-corrected chi connectivity index (χ3v) is 2.19. The zero-order valence-electron chi connectivity index (χ0n) is 9.39. The molecule has 0 unspecified atom stereocenters. The van der Waals surface area contributed by atoms with Crippen LogP contribution in [0.15, 0.2) is 0 Å². The van der Waals surface area contributed by atoms with Gasteiger partial charge in [0.25, 0.3) is 0 Å². The van der Waals surface area contributed by atoms with E-state index in [0.717, 1.165) is 0 Å². The van der Waals surface area contributed by atoms with Crippen molar-refractivity contribution in [2.24, 2.45) is 5.84 Å². The minimum absolute atomic E-state index is 0.0941. The maximum Gasteiger partial charge on any atom is 0.332 e. The molecular formula is C8H14N6O2. The number of hydrogen-bond acceptors (Lipinski definition) is 7. The van der Waals surface area contributed by atoms with Crippen LogP contribution in [0.25, 0.3) is 0 Å². The van der Waals surface area contributed by atoms with Gasteiger partial charge in [0.1, 0.15) is 5.69 Å². The normalized spacial score (nSPS) is 10.0. The molecule has 0 radical (unpaired) electrons. The van der Waals surface area contributed by atoms with Crippen molar-refractivity contribution < 1.29 is 4.92 Å². The molecule has 0 aromatic carbocycles. The van der Waals surface area contributed by atoms with Gasteiger partial charge in [-0.25, -0.2) is 10.8 Å². The molecule has 1 heterocycles. The fourth-order valence-corrected chi connectivity index (χ4v) is 1.25. The van der Waals surface area contributed by atoms with Gasteiger partial charge in [0.15, 0.2) is 0 Å². The van der Waals surface area contributed by atoms with Gasteiger partial charge in [-0.3, -0.25) is 15.5 Å². The van der Waals surface area contributed by atoms with Gasteiger partial charge in [0, 0.05) is 13.6 Å². The Morgan fingerprint density at radius 2 is 2.19 bits per heavy atom. The minimum Gasteiger partial charge on any atom is -0.354 e. The molecule has 0 atom stereocenters. The van der Waals surface area contributed by atoms with Gasteiger partial charge in [-0.1, -0.05) is 0 Å². The van der Waals surface area contributed by atoms with Crippen LogP contribution in [0, 0.1) is 17.0 Å². The predicted octanol–water partition coefficient (Wildman–Crippen LogP) is 0.435. The lowest BCUT2D eigenvalue weighted by atomic mass is 10.3. The number of nitrogens with one attached hydrogen (secondary N) is 1. The highest BCUT2D eigenvalue weighted by molar-refractivity contribution is 5.61. The molecule has 1 aromatic heterocycles. The van der Waals surface area contributed by atoms with Gasteiger partial charge in [0.05, 0.1) is 4.92 Å². The van der Waals surface area contributed by atoms with Crippen molar-refractivity contribution in [1.82, 2.24) is 9.97 Å². The van der Waals surface area contributed by atoms with Gasteiger partial charge in [-0.05, 0) is 13.8 Å². The van der Waals surface area contributed by atoms with Gasteiger partial charge >= 0.3 is 5.69 Å². The van der Waals surface area contributed by atoms with Crippen molar-refractivity contribution in [1.29, 1.82) is 0 Å². The van der Waals surface area contributed by atoms with E-state index in [1.54, 1.807) is 18.9 Å². The third-order valence-electron chi connectivity index (χ3n) is 2.19. The number of hydrogen-bond donors (Lipinski definition) is 2. The molecule has 0 saturated heterocycles. The Bertz CT molecular complexity index is 408. The predicted molar refractivity (Wildman–Crippen MR) is 60.2 cm³/mol. The second-order valence-electron chi connectivity index (χ2n) is 3.22. The Morgan fingerprint density at radius 1 is 1.56 bits per heavy atom. The lowest BCUT2D eigenvalue weighted by molar-refractivity contribution is -0.385. The van der Waals surface area contributed by atoms with Crippen LogP contribution in [0.5, 0.6) is 0 Å². The summed E-state index contributed by atoms with van der Waals surface area (Å²) in [5, 5.41) is 10.9. The van der Waals surface area contributed by atoms with Crippen LogP contribution < -0.4 is 16.2 Å². The Labute approximate surface area is 92.6 Å². The lowest BCUT2D eigenvalue weighted by Gasteiger charge is -2.16. The summed E-state index contributed by atoms with van der Waals surface area (Å²) < 4.78 is 0. The number of nitrogen functional groups attached to an aromatic ring is 1. The van der Waals surface area contributed by atoms with Gasteiger partial charge in [-0.2, -0.15) is 4.98 Å². The lowest BCUT2D eigenvalue weighted by Crippen LogP contribution is -2.21. The average molecular weight is 226 g/mol. The Balaban J connectivity index is 3.40. The van der Waals surface area contributed by atoms with Crippen molar-refractivity contribution in [2.75, 3.05) is 23.9 Å². The van der Waals surface area contributed by atoms with Crippen molar-refractivity contribution in [3.8, 4) is 0 Å². The maximum absolute atomic E-state index is 10.9. The summed E-state index contributed by atoms with van der Waals surface area (Å²) in [7, 11) is 1.72. The summed E-state index contributed by atoms with van der Waals surface area (Å²) in [5.74, 6) is 5.61. The smallest absolute Gasteiger partial charge is 0.332 e. The van der Waals surface area contributed by atoms with E-state index < -0.39 is 4.92 Å². The first-order chi connectivity index (χ1) is 7.51. The molecule has 0 aliphatic rings. The SMILES string of the molecule is CCN(C)c1nc(NN)nc(C)c1[N+](=O)[O-]. The topological polar surface area (TPSA) is 110 Å². The number of nitrogens with two attached hydrogens (primary N) is 1. The van der Waals surface area contributed by atoms with E-state index >= 15 is 0 Å². The standard InChI is InChI=1S/C8H14N6O2/c1-4-13(3)7-6(14(15)16)5(2)10-8(11-7)12-9/h4,9H2,1-3H3,(H,10,11,12). The Morgan fingerprint density at radius 3 is 2.62 bits per heavy atom. The molecule has 0 fully saturated rings. The van der Waals surface area contributed by atoms with Crippen LogP contribution in [-0.4, -0.2) is 28.5 Å². The van der Waals surface area contributed by atoms with E-state index in [0.29, 0.717) is 6.54 Å². The summed E-state index contributed by atoms with van der Waals surface area (Å²) in [4.78, 5) is 19.9. The van der Waals surface area contributed by atoms with Crippen molar-refractivity contribution >= 4 is 17.5 Å². The van der Waals surface area contributed by atoms with Gasteiger partial charge < -0.3 is 4.90 Å². The zero-order valence-corrected chi connectivity index (χ0v) is 9.39. The maximum atomic E-state index is 10.9. The Kier molecular flexibility index (Phi) is 3.56. The molecule has 3 N–H and O–H groups in total. The summed E-state index contributed by atoms with van der Waals surface area (Å²) in [6.45, 7) is 4.02. The van der Waals surface area contributed by atoms with E-state index in [1.165, 1.54) is 0 Å². The zero-order chi connectivity index (χ0) is 12.3. The molecule has 1 aromatic rings. The van der Waals surface area contributed by atoms with Crippen LogP contribution in [0.4, 0.5) is 17.5 Å². The van der Waals surface area contributed by atoms with Gasteiger partial charge in [-0.15, -0.1) is 0 Å². The molecule has 0 aliphatic carbocycles. The summed E-state index contributed by atoms with van der Waals surface area (Å²) in [6, 6.07) is 0. The van der Waals surface area contributed by atoms with E-state index in [-0.39, 0.29) is 23.1 Å². The number of hydrazine groups is 1. The molecular weight excluding hydrogens is 212 g/mol. The molecule has 8 nitrogen and oxygen atoms in total. The summed E-state index contributed by atoms with van der Waals surface area (Å²) in [6.07, 6.45) is 0. The second-order valence-corrected chi connectivity index (χ2v) is 3.22. The molecule has 0 amide bonds. The number of anilines is 2. The van der Waals surface area contributed by atoms with Crippen LogP contribution >= 0.6 is 0 Å². The first-order valence-electron chi connectivity index (χ1n) is 4.72. The molecule has 0 aliphatic heterocycles. The largest absolute Gasteiger partial charge is 0.354 e. The molecule has 0 saturated carbocycles. The highest BCUT2D eigenvalue weighted by Crippen LogP contribution is 2.28. The van der Waals surface area contributed by atoms with Crippen LogP contribution in [-0.2, 0) is 0 Å². The van der Waals surface area contributed by atoms with E-state index in [9.17, 15) is 10.1 Å². The number of rotatable bonds is 4. The van der Waals surface area contributed by atoms with Gasteiger partial charge in [0.2, 0.25) is 11.8 Å². The monoisotopic (exact) mass is 226 g/mol. The number of nitrogens with zero attached hydrogens (tertiary/aromatic N) is 4. The molecule has 8 heteroatoms. The van der Waals surface area contributed by atoms with E-state index in [1.807, 2.05) is 6.92 Å². The highest BCUT2D eigenvalue weighted by atomic mass is 16.6. The molecule has 88 valence electrons. The number of nitro groups is 1. The second kappa shape index (κ2) is 4.71. The molecule has 0 bridgehead atoms. The molecule has 0 spiro atoms. The highest BCUT2D eigenvalue weighted by Gasteiger charge is 2.23. The fourth-order valence-electron chi connectivity index (χ4n) is 1.25. The van der Waals surface area contributed by atoms with Crippen LogP contribution in [0.3, 0.4) is 0 Å². The fraction of sp³-hybridized carbons (Fsp3) is 0.500. The molecule has 1 rings (SSSR count). The van der Waals surface area contributed by atoms with Crippen LogP contribution in [0.2, 0.25) is 0 Å². The first-order valence-corrected chi connectivity index (χ1v) is 4.72. The summed E-state index contributed by atoms with van der Waals surface area (Å²) >= 11 is 0. The van der Waals surface area contributed by atoms with E-state index in [4.69, 9.17) is 5.84 Å². The first kappa shape index (κ1) is 12.1. The number of aromatic nitrogens is 2. The van der Waals surface area contributed by atoms with Crippen molar-refractivity contribution in [3.05, 3.63) is 15.8 Å². The van der Waals surface area contributed by atoms with Crippen molar-refractivity contribution in [2.45, 2.75) is 13.8 Å². The average Bonchev–Trinajstić information content (AvgIpc) is 2.26.